The molecule has 1 saturated heterocycles. The van der Waals surface area contributed by atoms with Crippen LogP contribution in [0.4, 0.5) is 0 Å². The topological polar surface area (TPSA) is 47.9 Å². The number of aliphatic hydroxyl groups is 1. The molecule has 0 aliphatic carbocycles. The minimum atomic E-state index is -0.476. The Morgan fingerprint density at radius 3 is 3.00 bits per heavy atom. The Kier molecular flexibility index (Phi) is 5.63. The summed E-state index contributed by atoms with van der Waals surface area (Å²) in [5.41, 5.74) is 0.856. The van der Waals surface area contributed by atoms with Crippen LogP contribution < -0.4 is 4.74 Å². The largest absolute Gasteiger partial charge is 0.491 e. The molecule has 19 heavy (non-hydrogen) atoms. The highest BCUT2D eigenvalue weighted by Gasteiger charge is 2.13. The molecule has 1 heterocycles. The predicted octanol–water partition coefficient (Wildman–Crippen LogP) is 2.66. The van der Waals surface area contributed by atoms with E-state index in [0.717, 1.165) is 30.8 Å². The van der Waals surface area contributed by atoms with E-state index in [1.807, 2.05) is 24.3 Å². The van der Waals surface area contributed by atoms with E-state index < -0.39 is 6.10 Å². The van der Waals surface area contributed by atoms with Crippen molar-refractivity contribution >= 4 is 0 Å². The monoisotopic (exact) mass is 266 g/mol. The van der Waals surface area contributed by atoms with E-state index in [0.29, 0.717) is 13.2 Å². The fourth-order valence-corrected chi connectivity index (χ4v) is 2.05. The van der Waals surface area contributed by atoms with Gasteiger partial charge in [0.25, 0.3) is 0 Å². The number of ether oxygens (including phenoxy) is 3. The molecule has 0 bridgehead atoms. The zero-order valence-corrected chi connectivity index (χ0v) is 11.4. The normalized spacial score (nSPS) is 21.1. The van der Waals surface area contributed by atoms with E-state index in [2.05, 4.69) is 0 Å². The van der Waals surface area contributed by atoms with Gasteiger partial charge in [-0.25, -0.2) is 0 Å². The quantitative estimate of drug-likeness (QED) is 0.804. The molecule has 2 atom stereocenters. The van der Waals surface area contributed by atoms with Crippen molar-refractivity contribution in [2.24, 2.45) is 0 Å². The molecule has 1 fully saturated rings. The van der Waals surface area contributed by atoms with Gasteiger partial charge in [-0.3, -0.25) is 0 Å². The van der Waals surface area contributed by atoms with Gasteiger partial charge in [-0.2, -0.15) is 0 Å². The lowest BCUT2D eigenvalue weighted by Gasteiger charge is -2.22. The molecule has 0 unspecified atom stereocenters. The fourth-order valence-electron chi connectivity index (χ4n) is 2.05. The Labute approximate surface area is 114 Å². The molecule has 1 aliphatic heterocycles. The zero-order valence-electron chi connectivity index (χ0n) is 11.4. The molecule has 1 aliphatic rings. The van der Waals surface area contributed by atoms with Crippen LogP contribution in [0.25, 0.3) is 0 Å². The van der Waals surface area contributed by atoms with Gasteiger partial charge < -0.3 is 19.3 Å². The first-order chi connectivity index (χ1) is 9.25. The molecule has 0 aromatic heterocycles. The smallest absolute Gasteiger partial charge is 0.157 e. The van der Waals surface area contributed by atoms with Crippen molar-refractivity contribution in [3.05, 3.63) is 29.8 Å². The van der Waals surface area contributed by atoms with Crippen LogP contribution in [0.2, 0.25) is 0 Å². The van der Waals surface area contributed by atoms with Gasteiger partial charge in [0.15, 0.2) is 6.29 Å². The fraction of sp³-hybridized carbons (Fsp3) is 0.600. The van der Waals surface area contributed by atoms with Gasteiger partial charge in [0, 0.05) is 6.61 Å². The van der Waals surface area contributed by atoms with E-state index in [1.54, 1.807) is 6.92 Å². The van der Waals surface area contributed by atoms with Crippen molar-refractivity contribution in [1.82, 2.24) is 0 Å². The van der Waals surface area contributed by atoms with Crippen LogP contribution in [0, 0.1) is 0 Å². The number of benzene rings is 1. The van der Waals surface area contributed by atoms with Crippen LogP contribution in [0.5, 0.6) is 5.75 Å². The molecule has 2 rings (SSSR count). The first kappa shape index (κ1) is 14.3. The Bertz CT molecular complexity index is 372. The van der Waals surface area contributed by atoms with Gasteiger partial charge in [-0.05, 0) is 43.9 Å². The van der Waals surface area contributed by atoms with E-state index >= 15 is 0 Å². The number of aliphatic hydroxyl groups excluding tert-OH is 1. The summed E-state index contributed by atoms with van der Waals surface area (Å²) >= 11 is 0. The van der Waals surface area contributed by atoms with E-state index in [9.17, 15) is 5.11 Å². The Balaban J connectivity index is 1.68. The van der Waals surface area contributed by atoms with Crippen molar-refractivity contribution < 1.29 is 19.3 Å². The summed E-state index contributed by atoms with van der Waals surface area (Å²) in [6.07, 6.45) is 2.72. The number of hydrogen-bond donors (Lipinski definition) is 1. The summed E-state index contributed by atoms with van der Waals surface area (Å²) in [7, 11) is 0. The van der Waals surface area contributed by atoms with Gasteiger partial charge in [-0.1, -0.05) is 12.1 Å². The Morgan fingerprint density at radius 1 is 1.37 bits per heavy atom. The van der Waals surface area contributed by atoms with Crippen LogP contribution >= 0.6 is 0 Å². The molecule has 0 spiro atoms. The highest BCUT2D eigenvalue weighted by Crippen LogP contribution is 2.19. The van der Waals surface area contributed by atoms with Crippen LogP contribution in [-0.2, 0) is 9.47 Å². The van der Waals surface area contributed by atoms with Crippen molar-refractivity contribution in [2.75, 3.05) is 19.8 Å². The molecule has 1 aromatic carbocycles. The molecule has 4 heteroatoms. The van der Waals surface area contributed by atoms with Crippen molar-refractivity contribution in [3.8, 4) is 5.75 Å². The third kappa shape index (κ3) is 4.82. The summed E-state index contributed by atoms with van der Waals surface area (Å²) in [6.45, 7) is 3.54. The SMILES string of the molecule is C[C@H](O)c1cccc(OCCO[C@H]2CCCCO2)c1. The molecule has 4 nitrogen and oxygen atoms in total. The molecule has 0 saturated carbocycles. The molecular weight excluding hydrogens is 244 g/mol. The third-order valence-corrected chi connectivity index (χ3v) is 3.13. The second-order valence-electron chi connectivity index (χ2n) is 4.76. The maximum Gasteiger partial charge on any atom is 0.157 e. The maximum absolute atomic E-state index is 9.49. The van der Waals surface area contributed by atoms with Gasteiger partial charge in [-0.15, -0.1) is 0 Å². The summed E-state index contributed by atoms with van der Waals surface area (Å²) in [4.78, 5) is 0. The molecule has 0 amide bonds. The minimum absolute atomic E-state index is 0.0684. The van der Waals surface area contributed by atoms with Gasteiger partial charge in [0.1, 0.15) is 12.4 Å². The first-order valence-corrected chi connectivity index (χ1v) is 6.90. The average Bonchev–Trinajstić information content (AvgIpc) is 2.45. The highest BCUT2D eigenvalue weighted by molar-refractivity contribution is 5.29. The van der Waals surface area contributed by atoms with E-state index in [1.165, 1.54) is 6.42 Å². The molecular formula is C15H22O4. The number of hydrogen-bond acceptors (Lipinski definition) is 4. The van der Waals surface area contributed by atoms with E-state index in [4.69, 9.17) is 14.2 Å². The lowest BCUT2D eigenvalue weighted by molar-refractivity contribution is -0.165. The summed E-state index contributed by atoms with van der Waals surface area (Å²) in [5.74, 6) is 0.756. The van der Waals surface area contributed by atoms with Crippen LogP contribution in [0.1, 0.15) is 37.9 Å². The zero-order chi connectivity index (χ0) is 13.5. The Hall–Kier alpha value is -1.10. The molecule has 1 N–H and O–H groups in total. The maximum atomic E-state index is 9.49. The minimum Gasteiger partial charge on any atom is -0.491 e. The van der Waals surface area contributed by atoms with Crippen molar-refractivity contribution in [3.63, 3.8) is 0 Å². The van der Waals surface area contributed by atoms with Gasteiger partial charge in [0.05, 0.1) is 12.7 Å². The lowest BCUT2D eigenvalue weighted by Crippen LogP contribution is -2.24. The summed E-state index contributed by atoms with van der Waals surface area (Å²) in [5, 5.41) is 9.49. The summed E-state index contributed by atoms with van der Waals surface area (Å²) < 4.78 is 16.7. The van der Waals surface area contributed by atoms with Crippen LogP contribution in [0.3, 0.4) is 0 Å². The highest BCUT2D eigenvalue weighted by atomic mass is 16.7. The van der Waals surface area contributed by atoms with E-state index in [-0.39, 0.29) is 6.29 Å². The van der Waals surface area contributed by atoms with Crippen LogP contribution in [-0.4, -0.2) is 31.2 Å². The first-order valence-electron chi connectivity index (χ1n) is 6.90. The van der Waals surface area contributed by atoms with Crippen LogP contribution in [0.15, 0.2) is 24.3 Å². The molecule has 0 radical (unpaired) electrons. The average molecular weight is 266 g/mol. The Morgan fingerprint density at radius 2 is 2.26 bits per heavy atom. The predicted molar refractivity (Wildman–Crippen MR) is 72.1 cm³/mol. The standard InChI is InChI=1S/C15H22O4/c1-12(16)13-5-4-6-14(11-13)17-9-10-19-15-7-2-3-8-18-15/h4-6,11-12,15-16H,2-3,7-10H2,1H3/t12-,15-/m0/s1. The second-order valence-corrected chi connectivity index (χ2v) is 4.76. The number of rotatable bonds is 6. The second kappa shape index (κ2) is 7.48. The summed E-state index contributed by atoms with van der Waals surface area (Å²) in [6, 6.07) is 7.48. The van der Waals surface area contributed by atoms with Gasteiger partial charge in [0.2, 0.25) is 0 Å². The van der Waals surface area contributed by atoms with Gasteiger partial charge >= 0.3 is 0 Å². The third-order valence-electron chi connectivity index (χ3n) is 3.13. The lowest BCUT2D eigenvalue weighted by atomic mass is 10.1. The van der Waals surface area contributed by atoms with Crippen molar-refractivity contribution in [1.29, 1.82) is 0 Å². The molecule has 106 valence electrons. The molecule has 1 aromatic rings. The van der Waals surface area contributed by atoms with Crippen molar-refractivity contribution in [2.45, 2.75) is 38.6 Å².